The fraction of sp³-hybridized carbons (Fsp3) is 0.250. The second-order valence-corrected chi connectivity index (χ2v) is 4.39. The molecule has 0 aliphatic rings. The third-order valence-electron chi connectivity index (χ3n) is 3.11. The highest BCUT2D eigenvalue weighted by Crippen LogP contribution is 2.39. The Morgan fingerprint density at radius 1 is 1.05 bits per heavy atom. The molecule has 0 saturated carbocycles. The first-order valence-corrected chi connectivity index (χ1v) is 6.68. The Morgan fingerprint density at radius 3 is 2.41 bits per heavy atom. The van der Waals surface area contributed by atoms with Crippen molar-refractivity contribution in [1.82, 2.24) is 10.3 Å². The predicted molar refractivity (Wildman–Crippen MR) is 81.5 cm³/mol. The minimum Gasteiger partial charge on any atom is -0.493 e. The van der Waals surface area contributed by atoms with E-state index < -0.39 is 0 Å². The summed E-state index contributed by atoms with van der Waals surface area (Å²) in [7, 11) is 4.50. The third-order valence-corrected chi connectivity index (χ3v) is 3.11. The van der Waals surface area contributed by atoms with Crippen LogP contribution in [0, 0.1) is 0 Å². The monoisotopic (exact) mass is 302 g/mol. The molecule has 0 spiro atoms. The summed E-state index contributed by atoms with van der Waals surface area (Å²) >= 11 is 0. The number of ether oxygens (including phenoxy) is 3. The summed E-state index contributed by atoms with van der Waals surface area (Å²) in [6, 6.07) is 8.82. The van der Waals surface area contributed by atoms with Crippen molar-refractivity contribution in [3.8, 4) is 17.2 Å². The Morgan fingerprint density at radius 2 is 1.82 bits per heavy atom. The number of rotatable bonds is 6. The molecule has 0 aliphatic heterocycles. The number of hydrogen-bond acceptors (Lipinski definition) is 5. The van der Waals surface area contributed by atoms with E-state index in [1.54, 1.807) is 18.3 Å². The molecule has 0 atom stereocenters. The van der Waals surface area contributed by atoms with Crippen LogP contribution < -0.4 is 19.5 Å². The van der Waals surface area contributed by atoms with Gasteiger partial charge in [0.15, 0.2) is 11.5 Å². The quantitative estimate of drug-likeness (QED) is 0.884. The van der Waals surface area contributed by atoms with Gasteiger partial charge in [0, 0.05) is 6.20 Å². The summed E-state index contributed by atoms with van der Waals surface area (Å²) in [5.74, 6) is 0.944. The molecular formula is C16H18N2O4. The maximum atomic E-state index is 12.4. The molecule has 1 heterocycles. The number of nitrogens with zero attached hydrogens (tertiary/aromatic N) is 1. The van der Waals surface area contributed by atoms with Gasteiger partial charge in [-0.3, -0.25) is 9.78 Å². The lowest BCUT2D eigenvalue weighted by atomic mass is 10.1. The van der Waals surface area contributed by atoms with Gasteiger partial charge in [0.1, 0.15) is 0 Å². The molecule has 0 saturated heterocycles. The van der Waals surface area contributed by atoms with Crippen molar-refractivity contribution in [1.29, 1.82) is 0 Å². The molecule has 6 nitrogen and oxygen atoms in total. The Hall–Kier alpha value is -2.76. The van der Waals surface area contributed by atoms with Crippen LogP contribution >= 0.6 is 0 Å². The lowest BCUT2D eigenvalue weighted by Crippen LogP contribution is -2.24. The molecule has 0 fully saturated rings. The average molecular weight is 302 g/mol. The van der Waals surface area contributed by atoms with Crippen LogP contribution in [0.3, 0.4) is 0 Å². The van der Waals surface area contributed by atoms with Crippen LogP contribution in [-0.4, -0.2) is 32.2 Å². The molecule has 1 amide bonds. The molecule has 1 N–H and O–H groups in total. The molecule has 1 aromatic carbocycles. The Labute approximate surface area is 129 Å². The highest BCUT2D eigenvalue weighted by Gasteiger charge is 2.20. The molecule has 2 aromatic rings. The van der Waals surface area contributed by atoms with E-state index in [9.17, 15) is 4.79 Å². The molecule has 2 rings (SSSR count). The van der Waals surface area contributed by atoms with Crippen LogP contribution in [0.2, 0.25) is 0 Å². The number of aromatic nitrogens is 1. The van der Waals surface area contributed by atoms with Gasteiger partial charge in [-0.2, -0.15) is 0 Å². The molecule has 6 heteroatoms. The van der Waals surface area contributed by atoms with Crippen molar-refractivity contribution >= 4 is 5.91 Å². The van der Waals surface area contributed by atoms with Crippen LogP contribution in [0.4, 0.5) is 0 Å². The van der Waals surface area contributed by atoms with Gasteiger partial charge < -0.3 is 19.5 Å². The van der Waals surface area contributed by atoms with Gasteiger partial charge >= 0.3 is 0 Å². The Kier molecular flexibility index (Phi) is 5.19. The minimum atomic E-state index is -0.275. The van der Waals surface area contributed by atoms with Crippen LogP contribution in [-0.2, 0) is 6.54 Å². The third kappa shape index (κ3) is 3.28. The topological polar surface area (TPSA) is 69.7 Å². The number of pyridine rings is 1. The molecule has 0 unspecified atom stereocenters. The largest absolute Gasteiger partial charge is 0.493 e. The van der Waals surface area contributed by atoms with Crippen molar-refractivity contribution in [2.24, 2.45) is 0 Å². The molecular weight excluding hydrogens is 284 g/mol. The van der Waals surface area contributed by atoms with Crippen molar-refractivity contribution in [3.05, 3.63) is 47.8 Å². The molecule has 22 heavy (non-hydrogen) atoms. The maximum Gasteiger partial charge on any atom is 0.255 e. The number of hydrogen-bond donors (Lipinski definition) is 1. The van der Waals surface area contributed by atoms with Gasteiger partial charge in [0.25, 0.3) is 5.91 Å². The lowest BCUT2D eigenvalue weighted by Gasteiger charge is -2.15. The molecule has 0 aliphatic carbocycles. The molecule has 116 valence electrons. The van der Waals surface area contributed by atoms with Gasteiger partial charge in [-0.15, -0.1) is 0 Å². The number of methoxy groups -OCH3 is 3. The van der Waals surface area contributed by atoms with Crippen LogP contribution in [0.5, 0.6) is 17.2 Å². The van der Waals surface area contributed by atoms with Crippen molar-refractivity contribution in [2.45, 2.75) is 6.54 Å². The SMILES string of the molecule is COc1ccc(C(=O)NCc2ccccn2)c(OC)c1OC. The zero-order valence-corrected chi connectivity index (χ0v) is 12.8. The summed E-state index contributed by atoms with van der Waals surface area (Å²) in [6.07, 6.45) is 1.68. The van der Waals surface area contributed by atoms with Crippen molar-refractivity contribution < 1.29 is 19.0 Å². The van der Waals surface area contributed by atoms with E-state index in [2.05, 4.69) is 10.3 Å². The van der Waals surface area contributed by atoms with E-state index in [1.165, 1.54) is 21.3 Å². The predicted octanol–water partition coefficient (Wildman–Crippen LogP) is 2.04. The lowest BCUT2D eigenvalue weighted by molar-refractivity contribution is 0.0946. The maximum absolute atomic E-state index is 12.4. The van der Waals surface area contributed by atoms with Crippen LogP contribution in [0.1, 0.15) is 16.1 Å². The van der Waals surface area contributed by atoms with E-state index in [0.717, 1.165) is 5.69 Å². The fourth-order valence-corrected chi connectivity index (χ4v) is 2.05. The Balaban J connectivity index is 2.22. The van der Waals surface area contributed by atoms with Gasteiger partial charge in [0.05, 0.1) is 39.1 Å². The van der Waals surface area contributed by atoms with Crippen LogP contribution in [0.15, 0.2) is 36.5 Å². The highest BCUT2D eigenvalue weighted by molar-refractivity contribution is 5.98. The second kappa shape index (κ2) is 7.31. The second-order valence-electron chi connectivity index (χ2n) is 4.39. The zero-order chi connectivity index (χ0) is 15.9. The summed E-state index contributed by atoms with van der Waals surface area (Å²) in [6.45, 7) is 0.331. The fourth-order valence-electron chi connectivity index (χ4n) is 2.05. The normalized spacial score (nSPS) is 9.95. The molecule has 0 bridgehead atoms. The van der Waals surface area contributed by atoms with Crippen molar-refractivity contribution in [3.63, 3.8) is 0 Å². The first-order chi connectivity index (χ1) is 10.7. The van der Waals surface area contributed by atoms with Gasteiger partial charge in [-0.05, 0) is 24.3 Å². The minimum absolute atomic E-state index is 0.275. The molecule has 1 aromatic heterocycles. The number of amides is 1. The highest BCUT2D eigenvalue weighted by atomic mass is 16.5. The molecule has 0 radical (unpaired) electrons. The van der Waals surface area contributed by atoms with Gasteiger partial charge in [0.2, 0.25) is 5.75 Å². The van der Waals surface area contributed by atoms with Crippen molar-refractivity contribution in [2.75, 3.05) is 21.3 Å². The standard InChI is InChI=1S/C16H18N2O4/c1-20-13-8-7-12(14(21-2)15(13)22-3)16(19)18-10-11-6-4-5-9-17-11/h4-9H,10H2,1-3H3,(H,18,19). The van der Waals surface area contributed by atoms with Gasteiger partial charge in [-0.1, -0.05) is 6.07 Å². The number of carbonyl (C=O) groups is 1. The van der Waals surface area contributed by atoms with E-state index in [1.807, 2.05) is 18.2 Å². The first-order valence-electron chi connectivity index (χ1n) is 6.68. The van der Waals surface area contributed by atoms with Crippen LogP contribution in [0.25, 0.3) is 0 Å². The summed E-state index contributed by atoms with van der Waals surface area (Å²) in [5, 5.41) is 2.80. The first kappa shape index (κ1) is 15.6. The summed E-state index contributed by atoms with van der Waals surface area (Å²) in [5.41, 5.74) is 1.14. The number of nitrogens with one attached hydrogen (secondary N) is 1. The Bertz CT molecular complexity index is 644. The zero-order valence-electron chi connectivity index (χ0n) is 12.8. The van der Waals surface area contributed by atoms with E-state index in [4.69, 9.17) is 14.2 Å². The summed E-state index contributed by atoms with van der Waals surface area (Å²) < 4.78 is 15.8. The number of benzene rings is 1. The smallest absolute Gasteiger partial charge is 0.255 e. The van der Waals surface area contributed by atoms with E-state index >= 15 is 0 Å². The van der Waals surface area contributed by atoms with Gasteiger partial charge in [-0.25, -0.2) is 0 Å². The average Bonchev–Trinajstić information content (AvgIpc) is 2.58. The number of carbonyl (C=O) groups excluding carboxylic acids is 1. The van der Waals surface area contributed by atoms with E-state index in [-0.39, 0.29) is 5.91 Å². The van der Waals surface area contributed by atoms with E-state index in [0.29, 0.717) is 29.4 Å². The summed E-state index contributed by atoms with van der Waals surface area (Å²) in [4.78, 5) is 16.5.